The number of unbranched alkanes of at least 4 members (excludes halogenated alkanes) is 1. The van der Waals surface area contributed by atoms with Crippen molar-refractivity contribution in [3.63, 3.8) is 0 Å². The molecule has 2 heterocycles. The van der Waals surface area contributed by atoms with Gasteiger partial charge in [0.25, 0.3) is 0 Å². The highest BCUT2D eigenvalue weighted by Crippen LogP contribution is 2.48. The molecule has 250 valence electrons. The molecule has 1 unspecified atom stereocenters. The number of ether oxygens (including phenoxy) is 5. The minimum Gasteiger partial charge on any atom is -0.497 e. The Morgan fingerprint density at radius 3 is 2.40 bits per heavy atom. The second-order valence-electron chi connectivity index (χ2n) is 10.5. The summed E-state index contributed by atoms with van der Waals surface area (Å²) >= 11 is 1.56. The monoisotopic (exact) mass is 666 g/mol. The molecule has 0 aromatic heterocycles. The molecule has 0 spiro atoms. The number of benzene rings is 3. The quantitative estimate of drug-likeness (QED) is 0.174. The van der Waals surface area contributed by atoms with Crippen molar-refractivity contribution < 1.29 is 48.3 Å². The van der Waals surface area contributed by atoms with E-state index < -0.39 is 17.2 Å². The zero-order valence-electron chi connectivity index (χ0n) is 26.4. The van der Waals surface area contributed by atoms with Gasteiger partial charge >= 0.3 is 11.9 Å². The van der Waals surface area contributed by atoms with Crippen LogP contribution < -0.4 is 28.6 Å². The molecule has 47 heavy (non-hydrogen) atoms. The second-order valence-corrected chi connectivity index (χ2v) is 11.6. The van der Waals surface area contributed by atoms with Gasteiger partial charge in [-0.25, -0.2) is 9.59 Å². The molecule has 2 aliphatic heterocycles. The van der Waals surface area contributed by atoms with Crippen LogP contribution in [-0.4, -0.2) is 87.3 Å². The van der Waals surface area contributed by atoms with E-state index in [2.05, 4.69) is 11.9 Å². The van der Waals surface area contributed by atoms with Gasteiger partial charge in [0.2, 0.25) is 12.7 Å². The number of carbonyl (C=O) groups excluding carboxylic acids is 1. The molecule has 0 aliphatic carbocycles. The van der Waals surface area contributed by atoms with Crippen LogP contribution in [0.2, 0.25) is 0 Å². The smallest absolute Gasteiger partial charge is 0.328 e. The number of carbonyl (C=O) groups is 3. The average molecular weight is 667 g/mol. The number of anilines is 1. The first-order valence-corrected chi connectivity index (χ1v) is 15.7. The van der Waals surface area contributed by atoms with Gasteiger partial charge in [-0.3, -0.25) is 4.79 Å². The summed E-state index contributed by atoms with van der Waals surface area (Å²) in [5.41, 5.74) is 1.77. The van der Waals surface area contributed by atoms with Crippen molar-refractivity contribution in [3.05, 3.63) is 78.4 Å². The molecular weight excluding hydrogens is 628 g/mol. The summed E-state index contributed by atoms with van der Waals surface area (Å²) in [6, 6.07) is 19.3. The molecule has 0 saturated carbocycles. The van der Waals surface area contributed by atoms with E-state index in [4.69, 9.17) is 33.9 Å². The third-order valence-corrected chi connectivity index (χ3v) is 8.46. The van der Waals surface area contributed by atoms with E-state index in [9.17, 15) is 14.4 Å². The molecule has 0 saturated heterocycles. The number of likely N-dealkylation sites (N-methyl/N-ethyl adjacent to an activating group) is 2. The van der Waals surface area contributed by atoms with Crippen LogP contribution in [0, 0.1) is 0 Å². The van der Waals surface area contributed by atoms with Gasteiger partial charge in [-0.15, -0.1) is 11.8 Å². The molecular formula is C34H38N2O10S. The zero-order valence-corrected chi connectivity index (χ0v) is 27.2. The van der Waals surface area contributed by atoms with Gasteiger partial charge in [0.1, 0.15) is 29.1 Å². The molecule has 0 fully saturated rings. The molecule has 2 N–H and O–H groups in total. The van der Waals surface area contributed by atoms with E-state index in [0.29, 0.717) is 31.1 Å². The average Bonchev–Trinajstić information content (AvgIpc) is 3.54. The number of nitrogens with zero attached hydrogens (tertiary/aromatic N) is 2. The summed E-state index contributed by atoms with van der Waals surface area (Å²) in [7, 11) is 5.55. The lowest BCUT2D eigenvalue weighted by Crippen LogP contribution is -2.33. The maximum absolute atomic E-state index is 13.3. The van der Waals surface area contributed by atoms with E-state index in [1.807, 2.05) is 67.7 Å². The molecule has 13 heteroatoms. The Balaban J connectivity index is 0.000000555. The number of methoxy groups -OCH3 is 1. The van der Waals surface area contributed by atoms with Crippen molar-refractivity contribution in [2.24, 2.45) is 0 Å². The Morgan fingerprint density at radius 2 is 1.66 bits per heavy atom. The molecule has 3 aromatic rings. The number of fused-ring (bicyclic) bond motifs is 2. The van der Waals surface area contributed by atoms with Crippen LogP contribution in [0.5, 0.6) is 28.7 Å². The fourth-order valence-corrected chi connectivity index (χ4v) is 6.01. The third-order valence-electron chi connectivity index (χ3n) is 7.17. The van der Waals surface area contributed by atoms with Crippen molar-refractivity contribution >= 4 is 35.3 Å². The number of amides is 1. The highest BCUT2D eigenvalue weighted by atomic mass is 32.2. The van der Waals surface area contributed by atoms with Crippen molar-refractivity contribution in [3.8, 4) is 28.7 Å². The maximum Gasteiger partial charge on any atom is 0.328 e. The standard InChI is InChI=1S/C30H34N2O6S.C4H4O4/c1-31(15-17-35-22-11-13-26-27(19-22)38-20-37-26)14-6-7-16-36-25-12-10-21(34-3)18-23(25)29-30(33)32(2)24-8-4-5-9-28(24)39-29;5-3(6)1-2-4(7)8/h4-5,8-13,18-19,29H,6-7,14-17,20H2,1-3H3;1-2H,(H,5,6)(H,7,8). The topological polar surface area (TPSA) is 144 Å². The van der Waals surface area contributed by atoms with Crippen LogP contribution in [0.3, 0.4) is 0 Å². The number of hydrogen-bond donors (Lipinski definition) is 2. The summed E-state index contributed by atoms with van der Waals surface area (Å²) in [5, 5.41) is 15.2. The Hall–Kier alpha value is -4.88. The maximum atomic E-state index is 13.3. The van der Waals surface area contributed by atoms with Crippen LogP contribution in [0.4, 0.5) is 5.69 Å². The molecule has 1 atom stereocenters. The normalized spacial score (nSPS) is 14.8. The highest BCUT2D eigenvalue weighted by Gasteiger charge is 2.34. The van der Waals surface area contributed by atoms with Crippen LogP contribution in [0.1, 0.15) is 23.7 Å². The van der Waals surface area contributed by atoms with Crippen molar-refractivity contribution in [2.45, 2.75) is 23.0 Å². The first-order chi connectivity index (χ1) is 22.7. The van der Waals surface area contributed by atoms with Gasteiger partial charge < -0.3 is 43.7 Å². The van der Waals surface area contributed by atoms with Crippen LogP contribution in [0.15, 0.2) is 77.7 Å². The molecule has 0 bridgehead atoms. The Labute approximate surface area is 277 Å². The molecule has 5 rings (SSSR count). The number of hydrogen-bond acceptors (Lipinski definition) is 10. The van der Waals surface area contributed by atoms with Gasteiger partial charge in [0.05, 0.1) is 19.4 Å². The molecule has 1 amide bonds. The fourth-order valence-electron chi connectivity index (χ4n) is 4.70. The number of thioether (sulfide) groups is 1. The lowest BCUT2D eigenvalue weighted by atomic mass is 10.1. The summed E-state index contributed by atoms with van der Waals surface area (Å²) in [6.45, 7) is 3.16. The van der Waals surface area contributed by atoms with E-state index in [1.54, 1.807) is 23.8 Å². The van der Waals surface area contributed by atoms with E-state index in [-0.39, 0.29) is 12.7 Å². The fraction of sp³-hybridized carbons (Fsp3) is 0.324. The van der Waals surface area contributed by atoms with Crippen molar-refractivity contribution in [2.75, 3.05) is 59.2 Å². The van der Waals surface area contributed by atoms with Crippen molar-refractivity contribution in [1.29, 1.82) is 0 Å². The number of aliphatic carboxylic acids is 2. The number of para-hydroxylation sites is 1. The van der Waals surface area contributed by atoms with E-state index >= 15 is 0 Å². The molecule has 3 aromatic carbocycles. The van der Waals surface area contributed by atoms with Gasteiger partial charge in [0, 0.05) is 42.3 Å². The first kappa shape index (κ1) is 35.0. The second kappa shape index (κ2) is 17.2. The Bertz CT molecular complexity index is 1560. The van der Waals surface area contributed by atoms with E-state index in [1.165, 1.54) is 0 Å². The molecule has 0 radical (unpaired) electrons. The van der Waals surface area contributed by atoms with Gasteiger partial charge in [-0.05, 0) is 68.9 Å². The molecule has 2 aliphatic rings. The highest BCUT2D eigenvalue weighted by molar-refractivity contribution is 8.00. The summed E-state index contributed by atoms with van der Waals surface area (Å²) in [6.07, 6.45) is 3.00. The predicted molar refractivity (Wildman–Crippen MR) is 176 cm³/mol. The Kier molecular flexibility index (Phi) is 12.8. The first-order valence-electron chi connectivity index (χ1n) is 14.8. The Morgan fingerprint density at radius 1 is 0.936 bits per heavy atom. The lowest BCUT2D eigenvalue weighted by molar-refractivity contribution is -0.134. The van der Waals surface area contributed by atoms with Crippen LogP contribution >= 0.6 is 11.8 Å². The predicted octanol–water partition coefficient (Wildman–Crippen LogP) is 5.12. The minimum atomic E-state index is -1.26. The van der Waals surface area contributed by atoms with Crippen LogP contribution in [0.25, 0.3) is 0 Å². The van der Waals surface area contributed by atoms with Gasteiger partial charge in [-0.1, -0.05) is 12.1 Å². The SMILES string of the molecule is COc1ccc(OCCCCN(C)CCOc2ccc3c(c2)OCO3)c(C2Sc3ccccc3N(C)C2=O)c1.O=C(O)C=CC(=O)O. The van der Waals surface area contributed by atoms with Gasteiger partial charge in [0.15, 0.2) is 11.5 Å². The third kappa shape index (κ3) is 10.1. The lowest BCUT2D eigenvalue weighted by Gasteiger charge is -2.32. The number of rotatable bonds is 14. The zero-order chi connectivity index (χ0) is 33.8. The molecule has 12 nitrogen and oxygen atoms in total. The number of carboxylic acids is 2. The summed E-state index contributed by atoms with van der Waals surface area (Å²) < 4.78 is 28.3. The summed E-state index contributed by atoms with van der Waals surface area (Å²) in [4.78, 5) is 37.5. The van der Waals surface area contributed by atoms with E-state index in [0.717, 1.165) is 65.1 Å². The minimum absolute atomic E-state index is 0.0291. The van der Waals surface area contributed by atoms with Crippen LogP contribution in [-0.2, 0) is 14.4 Å². The largest absolute Gasteiger partial charge is 0.497 e. The summed E-state index contributed by atoms with van der Waals surface area (Å²) in [5.74, 6) is 1.20. The van der Waals surface area contributed by atoms with Crippen molar-refractivity contribution in [1.82, 2.24) is 4.90 Å². The van der Waals surface area contributed by atoms with Gasteiger partial charge in [-0.2, -0.15) is 0 Å². The number of carboxylic acid groups (broad SMARTS) is 2.